The lowest BCUT2D eigenvalue weighted by Crippen LogP contribution is -2.28. The maximum atomic E-state index is 10.3. The molecule has 100 valence electrons. The topological polar surface area (TPSA) is 23.5 Å². The van der Waals surface area contributed by atoms with E-state index >= 15 is 0 Å². The first-order valence-corrected chi connectivity index (χ1v) is 6.75. The summed E-state index contributed by atoms with van der Waals surface area (Å²) in [5, 5.41) is 10.3. The molecular formula is C17H21NO. The van der Waals surface area contributed by atoms with Crippen LogP contribution >= 0.6 is 0 Å². The third-order valence-corrected chi connectivity index (χ3v) is 3.33. The third-order valence-electron chi connectivity index (χ3n) is 3.33. The van der Waals surface area contributed by atoms with Crippen molar-refractivity contribution in [3.63, 3.8) is 0 Å². The minimum atomic E-state index is -0.457. The maximum Gasteiger partial charge on any atom is 0.0964 e. The third kappa shape index (κ3) is 3.58. The van der Waals surface area contributed by atoms with Gasteiger partial charge in [0.2, 0.25) is 0 Å². The Morgan fingerprint density at radius 2 is 1.79 bits per heavy atom. The van der Waals surface area contributed by atoms with E-state index in [1.165, 1.54) is 5.56 Å². The molecule has 1 unspecified atom stereocenters. The van der Waals surface area contributed by atoms with Crippen molar-refractivity contribution in [1.29, 1.82) is 0 Å². The molecule has 0 bridgehead atoms. The predicted octanol–water partition coefficient (Wildman–Crippen LogP) is 3.55. The van der Waals surface area contributed by atoms with Crippen LogP contribution in [0.1, 0.15) is 24.2 Å². The van der Waals surface area contributed by atoms with Gasteiger partial charge in [0.05, 0.1) is 6.10 Å². The van der Waals surface area contributed by atoms with Crippen LogP contribution in [0.25, 0.3) is 0 Å². The molecule has 0 radical (unpaired) electrons. The molecule has 0 spiro atoms. The Morgan fingerprint density at radius 3 is 2.42 bits per heavy atom. The minimum Gasteiger partial charge on any atom is -0.387 e. The molecule has 1 N–H and O–H groups in total. The molecule has 0 aliphatic rings. The molecule has 0 aliphatic heterocycles. The van der Waals surface area contributed by atoms with E-state index in [9.17, 15) is 5.11 Å². The standard InChI is InChI=1S/C17H21NO/c1-3-18(16-11-7-8-14(2)12-16)13-17(19)15-9-5-4-6-10-15/h4-12,17,19H,3,13H2,1-2H3. The lowest BCUT2D eigenvalue weighted by Gasteiger charge is -2.26. The van der Waals surface area contributed by atoms with Gasteiger partial charge in [0.15, 0.2) is 0 Å². The van der Waals surface area contributed by atoms with Gasteiger partial charge >= 0.3 is 0 Å². The average molecular weight is 255 g/mol. The quantitative estimate of drug-likeness (QED) is 0.883. The molecule has 2 rings (SSSR count). The van der Waals surface area contributed by atoms with Gasteiger partial charge in [-0.15, -0.1) is 0 Å². The van der Waals surface area contributed by atoms with Crippen molar-refractivity contribution in [3.05, 3.63) is 65.7 Å². The van der Waals surface area contributed by atoms with E-state index in [-0.39, 0.29) is 0 Å². The molecule has 0 heterocycles. The van der Waals surface area contributed by atoms with E-state index in [2.05, 4.69) is 43.0 Å². The molecule has 2 nitrogen and oxygen atoms in total. The number of hydrogen-bond donors (Lipinski definition) is 1. The van der Waals surface area contributed by atoms with Gasteiger partial charge in [-0.2, -0.15) is 0 Å². The summed E-state index contributed by atoms with van der Waals surface area (Å²) in [6.45, 7) is 5.70. The lowest BCUT2D eigenvalue weighted by molar-refractivity contribution is 0.183. The number of likely N-dealkylation sites (N-methyl/N-ethyl adjacent to an activating group) is 1. The highest BCUT2D eigenvalue weighted by atomic mass is 16.3. The summed E-state index contributed by atoms with van der Waals surface area (Å²) >= 11 is 0. The summed E-state index contributed by atoms with van der Waals surface area (Å²) in [4.78, 5) is 2.20. The highest BCUT2D eigenvalue weighted by molar-refractivity contribution is 5.48. The van der Waals surface area contributed by atoms with Gasteiger partial charge in [0.1, 0.15) is 0 Å². The minimum absolute atomic E-state index is 0.457. The lowest BCUT2D eigenvalue weighted by atomic mass is 10.1. The van der Waals surface area contributed by atoms with E-state index in [1.807, 2.05) is 30.3 Å². The fourth-order valence-electron chi connectivity index (χ4n) is 2.23. The largest absolute Gasteiger partial charge is 0.387 e. The number of hydrogen-bond acceptors (Lipinski definition) is 2. The van der Waals surface area contributed by atoms with Gasteiger partial charge in [-0.05, 0) is 37.1 Å². The Balaban J connectivity index is 2.11. The Morgan fingerprint density at radius 1 is 1.05 bits per heavy atom. The number of aryl methyl sites for hydroxylation is 1. The maximum absolute atomic E-state index is 10.3. The van der Waals surface area contributed by atoms with E-state index in [0.717, 1.165) is 17.8 Å². The van der Waals surface area contributed by atoms with Crippen molar-refractivity contribution in [2.45, 2.75) is 20.0 Å². The van der Waals surface area contributed by atoms with Crippen LogP contribution in [-0.2, 0) is 0 Å². The van der Waals surface area contributed by atoms with Crippen LogP contribution in [0.2, 0.25) is 0 Å². The number of aliphatic hydroxyl groups is 1. The fourth-order valence-corrected chi connectivity index (χ4v) is 2.23. The number of rotatable bonds is 5. The summed E-state index contributed by atoms with van der Waals surface area (Å²) in [5.74, 6) is 0. The first-order chi connectivity index (χ1) is 9.20. The summed E-state index contributed by atoms with van der Waals surface area (Å²) in [6, 6.07) is 18.2. The molecular weight excluding hydrogens is 234 g/mol. The van der Waals surface area contributed by atoms with Crippen LogP contribution in [0.5, 0.6) is 0 Å². The summed E-state index contributed by atoms with van der Waals surface area (Å²) in [6.07, 6.45) is -0.457. The van der Waals surface area contributed by atoms with Crippen molar-refractivity contribution in [3.8, 4) is 0 Å². The van der Waals surface area contributed by atoms with Crippen LogP contribution in [-0.4, -0.2) is 18.2 Å². The average Bonchev–Trinajstić information content (AvgIpc) is 2.45. The Bertz CT molecular complexity index is 510. The predicted molar refractivity (Wildman–Crippen MR) is 80.5 cm³/mol. The molecule has 0 amide bonds. The highest BCUT2D eigenvalue weighted by Gasteiger charge is 2.12. The Labute approximate surface area is 115 Å². The van der Waals surface area contributed by atoms with Gasteiger partial charge in [-0.1, -0.05) is 42.5 Å². The van der Waals surface area contributed by atoms with E-state index in [0.29, 0.717) is 6.54 Å². The SMILES string of the molecule is CCN(CC(O)c1ccccc1)c1cccc(C)c1. The number of nitrogens with zero attached hydrogens (tertiary/aromatic N) is 1. The van der Waals surface area contributed by atoms with E-state index in [1.54, 1.807) is 0 Å². The zero-order chi connectivity index (χ0) is 13.7. The normalized spacial score (nSPS) is 12.2. The van der Waals surface area contributed by atoms with Crippen molar-refractivity contribution in [2.24, 2.45) is 0 Å². The van der Waals surface area contributed by atoms with Crippen molar-refractivity contribution in [2.75, 3.05) is 18.0 Å². The Kier molecular flexibility index (Phi) is 4.58. The number of benzene rings is 2. The zero-order valence-corrected chi connectivity index (χ0v) is 11.6. The molecule has 2 heteroatoms. The Hall–Kier alpha value is -1.80. The molecule has 2 aromatic rings. The van der Waals surface area contributed by atoms with Crippen LogP contribution < -0.4 is 4.90 Å². The molecule has 1 atom stereocenters. The van der Waals surface area contributed by atoms with Gasteiger partial charge in [0, 0.05) is 18.8 Å². The van der Waals surface area contributed by atoms with Gasteiger partial charge in [-0.25, -0.2) is 0 Å². The first-order valence-electron chi connectivity index (χ1n) is 6.75. The molecule has 0 aromatic heterocycles. The van der Waals surface area contributed by atoms with Gasteiger partial charge in [0.25, 0.3) is 0 Å². The van der Waals surface area contributed by atoms with E-state index in [4.69, 9.17) is 0 Å². The van der Waals surface area contributed by atoms with Crippen LogP contribution in [0.3, 0.4) is 0 Å². The summed E-state index contributed by atoms with van der Waals surface area (Å²) in [7, 11) is 0. The second-order valence-electron chi connectivity index (χ2n) is 4.80. The molecule has 0 saturated carbocycles. The van der Waals surface area contributed by atoms with Crippen LogP contribution in [0.15, 0.2) is 54.6 Å². The fraction of sp³-hybridized carbons (Fsp3) is 0.294. The second kappa shape index (κ2) is 6.39. The highest BCUT2D eigenvalue weighted by Crippen LogP contribution is 2.20. The van der Waals surface area contributed by atoms with Crippen LogP contribution in [0.4, 0.5) is 5.69 Å². The summed E-state index contributed by atoms with van der Waals surface area (Å²) in [5.41, 5.74) is 3.37. The number of anilines is 1. The van der Waals surface area contributed by atoms with Gasteiger partial charge in [-0.3, -0.25) is 0 Å². The van der Waals surface area contributed by atoms with Crippen molar-refractivity contribution in [1.82, 2.24) is 0 Å². The first kappa shape index (κ1) is 13.6. The zero-order valence-electron chi connectivity index (χ0n) is 11.6. The monoisotopic (exact) mass is 255 g/mol. The van der Waals surface area contributed by atoms with Crippen molar-refractivity contribution >= 4 is 5.69 Å². The smallest absolute Gasteiger partial charge is 0.0964 e. The van der Waals surface area contributed by atoms with Crippen molar-refractivity contribution < 1.29 is 5.11 Å². The molecule has 2 aromatic carbocycles. The van der Waals surface area contributed by atoms with E-state index < -0.39 is 6.10 Å². The second-order valence-corrected chi connectivity index (χ2v) is 4.80. The van der Waals surface area contributed by atoms with Gasteiger partial charge < -0.3 is 10.0 Å². The number of aliphatic hydroxyl groups excluding tert-OH is 1. The molecule has 0 aliphatic carbocycles. The molecule has 0 saturated heterocycles. The summed E-state index contributed by atoms with van der Waals surface area (Å²) < 4.78 is 0. The molecule has 19 heavy (non-hydrogen) atoms. The molecule has 0 fully saturated rings. The van der Waals surface area contributed by atoms with Crippen LogP contribution in [0, 0.1) is 6.92 Å².